The van der Waals surface area contributed by atoms with Crippen LogP contribution in [0.1, 0.15) is 19.4 Å². The lowest BCUT2D eigenvalue weighted by Gasteiger charge is -2.15. The third kappa shape index (κ3) is 4.58. The van der Waals surface area contributed by atoms with Crippen molar-refractivity contribution in [3.63, 3.8) is 0 Å². The largest absolute Gasteiger partial charge is 0.352 e. The number of hydrogen-bond donors (Lipinski definition) is 2. The molecule has 0 fully saturated rings. The summed E-state index contributed by atoms with van der Waals surface area (Å²) in [5, 5.41) is 2.52. The lowest BCUT2D eigenvalue weighted by Crippen LogP contribution is -2.38. The third-order valence-corrected chi connectivity index (χ3v) is 2.66. The summed E-state index contributed by atoms with van der Waals surface area (Å²) in [6.45, 7) is 3.36. The van der Waals surface area contributed by atoms with E-state index in [4.69, 9.17) is 5.73 Å². The average Bonchev–Trinajstić information content (AvgIpc) is 2.28. The molecule has 0 heterocycles. The maximum atomic E-state index is 13.2. The summed E-state index contributed by atoms with van der Waals surface area (Å²) in [7, 11) is 0. The minimum atomic E-state index is -0.542. The minimum absolute atomic E-state index is 0. The van der Waals surface area contributed by atoms with Gasteiger partial charge in [-0.25, -0.2) is 8.78 Å². The first-order chi connectivity index (χ1) is 7.91. The number of nitrogens with two attached hydrogens (primary N) is 1. The summed E-state index contributed by atoms with van der Waals surface area (Å²) in [6.07, 6.45) is 0. The van der Waals surface area contributed by atoms with Crippen LogP contribution < -0.4 is 11.1 Å². The van der Waals surface area contributed by atoms with Gasteiger partial charge in [-0.2, -0.15) is 0 Å². The quantitative estimate of drug-likeness (QED) is 0.885. The molecule has 0 aliphatic rings. The second-order valence-electron chi connectivity index (χ2n) is 4.10. The lowest BCUT2D eigenvalue weighted by atomic mass is 10.0. The monoisotopic (exact) mass is 278 g/mol. The Bertz CT molecular complexity index is 413. The van der Waals surface area contributed by atoms with Gasteiger partial charge < -0.3 is 11.1 Å². The standard InChI is InChI=1S/C12H16F2N2O.ClH/c1-7(8(2)15)12(17)16-6-9-5-10(13)3-4-11(9)14;/h3-5,7-8H,6,15H2,1-2H3,(H,16,17);1H. The van der Waals surface area contributed by atoms with Crippen LogP contribution in [0.4, 0.5) is 8.78 Å². The summed E-state index contributed by atoms with van der Waals surface area (Å²) in [5.74, 6) is -1.72. The Balaban J connectivity index is 0.00000289. The molecular weight excluding hydrogens is 262 g/mol. The maximum absolute atomic E-state index is 13.2. The number of benzene rings is 1. The van der Waals surface area contributed by atoms with Crippen LogP contribution in [-0.2, 0) is 11.3 Å². The Morgan fingerprint density at radius 3 is 2.56 bits per heavy atom. The SMILES string of the molecule is CC(N)C(C)C(=O)NCc1cc(F)ccc1F.Cl. The molecule has 0 radical (unpaired) electrons. The van der Waals surface area contributed by atoms with Gasteiger partial charge in [0.05, 0.1) is 0 Å². The van der Waals surface area contributed by atoms with Crippen molar-refractivity contribution in [1.82, 2.24) is 5.32 Å². The van der Waals surface area contributed by atoms with E-state index in [9.17, 15) is 13.6 Å². The average molecular weight is 279 g/mol. The molecule has 0 aliphatic carbocycles. The molecule has 1 amide bonds. The normalized spacial score (nSPS) is 13.4. The predicted octanol–water partition coefficient (Wildman–Crippen LogP) is 1.99. The molecule has 0 spiro atoms. The van der Waals surface area contributed by atoms with Crippen LogP contribution in [0.15, 0.2) is 18.2 Å². The summed E-state index contributed by atoms with van der Waals surface area (Å²) in [6, 6.07) is 2.84. The van der Waals surface area contributed by atoms with Crippen LogP contribution in [0.25, 0.3) is 0 Å². The van der Waals surface area contributed by atoms with Crippen molar-refractivity contribution in [2.45, 2.75) is 26.4 Å². The lowest BCUT2D eigenvalue weighted by molar-refractivity contribution is -0.125. The number of carbonyl (C=O) groups is 1. The fourth-order valence-corrected chi connectivity index (χ4v) is 1.26. The Kier molecular flexibility index (Phi) is 6.80. The van der Waals surface area contributed by atoms with E-state index in [2.05, 4.69) is 5.32 Å². The number of hydrogen-bond acceptors (Lipinski definition) is 2. The van der Waals surface area contributed by atoms with Crippen molar-refractivity contribution < 1.29 is 13.6 Å². The van der Waals surface area contributed by atoms with E-state index >= 15 is 0 Å². The van der Waals surface area contributed by atoms with Gasteiger partial charge in [0.15, 0.2) is 0 Å². The molecule has 0 aromatic heterocycles. The van der Waals surface area contributed by atoms with Crippen LogP contribution in [0, 0.1) is 17.6 Å². The third-order valence-electron chi connectivity index (χ3n) is 2.66. The molecule has 0 saturated heterocycles. The summed E-state index contributed by atoms with van der Waals surface area (Å²) in [5.41, 5.74) is 5.69. The van der Waals surface area contributed by atoms with Gasteiger partial charge in [-0.05, 0) is 25.1 Å². The van der Waals surface area contributed by atoms with Crippen molar-refractivity contribution >= 4 is 18.3 Å². The molecule has 102 valence electrons. The molecule has 1 aromatic carbocycles. The molecule has 0 bridgehead atoms. The van der Waals surface area contributed by atoms with E-state index < -0.39 is 11.6 Å². The molecule has 0 aliphatic heterocycles. The molecule has 18 heavy (non-hydrogen) atoms. The summed E-state index contributed by atoms with van der Waals surface area (Å²) < 4.78 is 26.1. The van der Waals surface area contributed by atoms with Gasteiger partial charge in [0.25, 0.3) is 0 Å². The fraction of sp³-hybridized carbons (Fsp3) is 0.417. The van der Waals surface area contributed by atoms with Crippen molar-refractivity contribution in [3.05, 3.63) is 35.4 Å². The Hall–Kier alpha value is -1.20. The first-order valence-corrected chi connectivity index (χ1v) is 5.39. The van der Waals surface area contributed by atoms with Gasteiger partial charge in [-0.1, -0.05) is 6.92 Å². The van der Waals surface area contributed by atoms with Crippen LogP contribution in [0.5, 0.6) is 0 Å². The molecular formula is C12H17ClF2N2O. The Labute approximate surface area is 111 Å². The van der Waals surface area contributed by atoms with Crippen molar-refractivity contribution in [2.75, 3.05) is 0 Å². The van der Waals surface area contributed by atoms with Crippen LogP contribution >= 0.6 is 12.4 Å². The molecule has 3 N–H and O–H groups in total. The topological polar surface area (TPSA) is 55.1 Å². The van der Waals surface area contributed by atoms with E-state index in [1.807, 2.05) is 0 Å². The Morgan fingerprint density at radius 1 is 1.39 bits per heavy atom. The van der Waals surface area contributed by atoms with Crippen LogP contribution in [-0.4, -0.2) is 11.9 Å². The highest BCUT2D eigenvalue weighted by Crippen LogP contribution is 2.09. The highest BCUT2D eigenvalue weighted by Gasteiger charge is 2.17. The Morgan fingerprint density at radius 2 is 2.00 bits per heavy atom. The first-order valence-electron chi connectivity index (χ1n) is 5.39. The highest BCUT2D eigenvalue weighted by molar-refractivity contribution is 5.85. The predicted molar refractivity (Wildman–Crippen MR) is 68.3 cm³/mol. The molecule has 3 nitrogen and oxygen atoms in total. The number of amides is 1. The fourth-order valence-electron chi connectivity index (χ4n) is 1.26. The van der Waals surface area contributed by atoms with E-state index in [0.717, 1.165) is 18.2 Å². The van der Waals surface area contributed by atoms with Gasteiger partial charge >= 0.3 is 0 Å². The number of halogens is 3. The maximum Gasteiger partial charge on any atom is 0.224 e. The van der Waals surface area contributed by atoms with E-state index in [-0.39, 0.29) is 42.4 Å². The zero-order chi connectivity index (χ0) is 13.0. The van der Waals surface area contributed by atoms with Crippen LogP contribution in [0.2, 0.25) is 0 Å². The number of carbonyl (C=O) groups excluding carboxylic acids is 1. The zero-order valence-corrected chi connectivity index (χ0v) is 11.1. The zero-order valence-electron chi connectivity index (χ0n) is 10.2. The molecule has 6 heteroatoms. The van der Waals surface area contributed by atoms with E-state index in [1.165, 1.54) is 0 Å². The second kappa shape index (κ2) is 7.28. The molecule has 2 atom stereocenters. The van der Waals surface area contributed by atoms with Crippen molar-refractivity contribution in [1.29, 1.82) is 0 Å². The van der Waals surface area contributed by atoms with E-state index in [0.29, 0.717) is 0 Å². The smallest absolute Gasteiger partial charge is 0.224 e. The number of nitrogens with one attached hydrogen (secondary N) is 1. The van der Waals surface area contributed by atoms with Gasteiger partial charge in [0, 0.05) is 24.1 Å². The van der Waals surface area contributed by atoms with Gasteiger partial charge in [0.1, 0.15) is 11.6 Å². The van der Waals surface area contributed by atoms with Crippen molar-refractivity contribution in [3.8, 4) is 0 Å². The molecule has 1 rings (SSSR count). The van der Waals surface area contributed by atoms with Gasteiger partial charge in [0.2, 0.25) is 5.91 Å². The van der Waals surface area contributed by atoms with Crippen molar-refractivity contribution in [2.24, 2.45) is 11.7 Å². The van der Waals surface area contributed by atoms with Gasteiger partial charge in [-0.3, -0.25) is 4.79 Å². The summed E-state index contributed by atoms with van der Waals surface area (Å²) >= 11 is 0. The minimum Gasteiger partial charge on any atom is -0.352 e. The number of rotatable bonds is 4. The van der Waals surface area contributed by atoms with Gasteiger partial charge in [-0.15, -0.1) is 12.4 Å². The molecule has 0 saturated carbocycles. The van der Waals surface area contributed by atoms with E-state index in [1.54, 1.807) is 13.8 Å². The molecule has 2 unspecified atom stereocenters. The first kappa shape index (κ1) is 16.8. The molecule has 1 aromatic rings. The second-order valence-corrected chi connectivity index (χ2v) is 4.10. The summed E-state index contributed by atoms with van der Waals surface area (Å²) in [4.78, 5) is 11.5. The van der Waals surface area contributed by atoms with Crippen LogP contribution in [0.3, 0.4) is 0 Å². The highest BCUT2D eigenvalue weighted by atomic mass is 35.5.